The fraction of sp³-hybridized carbons (Fsp3) is 1.00. The second kappa shape index (κ2) is 4.19. The summed E-state index contributed by atoms with van der Waals surface area (Å²) in [6, 6.07) is 0.150. The monoisotopic (exact) mass is 199 g/mol. The molecule has 84 valence electrons. The molecule has 0 bridgehead atoms. The SMILES string of the molecule is CCOC1(C(N)C(C)(C)C)CCCC1. The van der Waals surface area contributed by atoms with E-state index >= 15 is 0 Å². The van der Waals surface area contributed by atoms with E-state index in [0.717, 1.165) is 19.4 Å². The molecule has 1 aliphatic rings. The third-order valence-electron chi connectivity index (χ3n) is 3.38. The van der Waals surface area contributed by atoms with Crippen LogP contribution in [0.1, 0.15) is 53.4 Å². The van der Waals surface area contributed by atoms with E-state index in [1.807, 2.05) is 0 Å². The van der Waals surface area contributed by atoms with Crippen molar-refractivity contribution in [3.63, 3.8) is 0 Å². The zero-order valence-corrected chi connectivity index (χ0v) is 10.1. The van der Waals surface area contributed by atoms with Crippen LogP contribution in [0.4, 0.5) is 0 Å². The van der Waals surface area contributed by atoms with Gasteiger partial charge in [-0.25, -0.2) is 0 Å². The quantitative estimate of drug-likeness (QED) is 0.758. The topological polar surface area (TPSA) is 35.2 Å². The van der Waals surface area contributed by atoms with E-state index in [0.29, 0.717) is 0 Å². The van der Waals surface area contributed by atoms with Crippen LogP contribution < -0.4 is 5.73 Å². The highest BCUT2D eigenvalue weighted by Crippen LogP contribution is 2.41. The molecule has 1 rings (SSSR count). The molecule has 2 heteroatoms. The minimum atomic E-state index is -0.0347. The molecule has 1 fully saturated rings. The Morgan fingerprint density at radius 1 is 1.29 bits per heavy atom. The van der Waals surface area contributed by atoms with Crippen molar-refractivity contribution >= 4 is 0 Å². The van der Waals surface area contributed by atoms with Gasteiger partial charge in [0.1, 0.15) is 0 Å². The molecular weight excluding hydrogens is 174 g/mol. The molecule has 0 aromatic heterocycles. The maximum Gasteiger partial charge on any atom is 0.0837 e. The summed E-state index contributed by atoms with van der Waals surface area (Å²) in [5, 5.41) is 0. The minimum Gasteiger partial charge on any atom is -0.374 e. The number of rotatable bonds is 3. The summed E-state index contributed by atoms with van der Waals surface area (Å²) in [6.45, 7) is 9.46. The summed E-state index contributed by atoms with van der Waals surface area (Å²) < 4.78 is 5.95. The van der Waals surface area contributed by atoms with Gasteiger partial charge in [-0.2, -0.15) is 0 Å². The van der Waals surface area contributed by atoms with Crippen LogP contribution in [0.2, 0.25) is 0 Å². The summed E-state index contributed by atoms with van der Waals surface area (Å²) in [5.41, 5.74) is 6.46. The van der Waals surface area contributed by atoms with Crippen molar-refractivity contribution in [1.82, 2.24) is 0 Å². The normalized spacial score (nSPS) is 23.8. The summed E-state index contributed by atoms with van der Waals surface area (Å²) >= 11 is 0. The molecule has 1 aliphatic carbocycles. The van der Waals surface area contributed by atoms with Crippen molar-refractivity contribution in [3.8, 4) is 0 Å². The number of ether oxygens (including phenoxy) is 1. The van der Waals surface area contributed by atoms with Gasteiger partial charge in [0, 0.05) is 12.6 Å². The zero-order chi connectivity index (χ0) is 10.8. The summed E-state index contributed by atoms with van der Waals surface area (Å²) in [4.78, 5) is 0. The van der Waals surface area contributed by atoms with Gasteiger partial charge in [-0.15, -0.1) is 0 Å². The molecule has 1 atom stereocenters. The molecule has 2 N–H and O–H groups in total. The molecule has 2 nitrogen and oxygen atoms in total. The van der Waals surface area contributed by atoms with Crippen molar-refractivity contribution in [2.24, 2.45) is 11.1 Å². The molecular formula is C12H25NO. The van der Waals surface area contributed by atoms with Crippen LogP contribution in [0.3, 0.4) is 0 Å². The van der Waals surface area contributed by atoms with Crippen molar-refractivity contribution in [2.75, 3.05) is 6.61 Å². The first-order chi connectivity index (χ1) is 6.42. The van der Waals surface area contributed by atoms with E-state index in [2.05, 4.69) is 27.7 Å². The number of hydrogen-bond donors (Lipinski definition) is 1. The smallest absolute Gasteiger partial charge is 0.0837 e. The third kappa shape index (κ3) is 2.29. The van der Waals surface area contributed by atoms with Gasteiger partial charge in [0.05, 0.1) is 5.60 Å². The molecule has 1 saturated carbocycles. The molecule has 0 amide bonds. The summed E-state index contributed by atoms with van der Waals surface area (Å²) in [6.07, 6.45) is 4.81. The van der Waals surface area contributed by atoms with Gasteiger partial charge in [-0.3, -0.25) is 0 Å². The fourth-order valence-electron chi connectivity index (χ4n) is 2.60. The Hall–Kier alpha value is -0.0800. The lowest BCUT2D eigenvalue weighted by atomic mass is 9.75. The zero-order valence-electron chi connectivity index (χ0n) is 10.1. The molecule has 0 aromatic rings. The molecule has 1 unspecified atom stereocenters. The molecule has 0 aromatic carbocycles. The van der Waals surface area contributed by atoms with E-state index in [1.54, 1.807) is 0 Å². The van der Waals surface area contributed by atoms with Gasteiger partial charge in [0.25, 0.3) is 0 Å². The Kier molecular flexibility index (Phi) is 3.59. The van der Waals surface area contributed by atoms with E-state index in [9.17, 15) is 0 Å². The van der Waals surface area contributed by atoms with Gasteiger partial charge in [-0.05, 0) is 25.2 Å². The van der Waals surface area contributed by atoms with Crippen LogP contribution in [0, 0.1) is 5.41 Å². The number of hydrogen-bond acceptors (Lipinski definition) is 2. The maximum atomic E-state index is 6.35. The van der Waals surface area contributed by atoms with Gasteiger partial charge < -0.3 is 10.5 Å². The van der Waals surface area contributed by atoms with Gasteiger partial charge in [-0.1, -0.05) is 33.6 Å². The first kappa shape index (κ1) is 12.0. The second-order valence-corrected chi connectivity index (χ2v) is 5.55. The van der Waals surface area contributed by atoms with Crippen molar-refractivity contribution in [1.29, 1.82) is 0 Å². The highest BCUT2D eigenvalue weighted by molar-refractivity contribution is 5.00. The maximum absolute atomic E-state index is 6.35. The van der Waals surface area contributed by atoms with Crippen LogP contribution in [-0.4, -0.2) is 18.2 Å². The average molecular weight is 199 g/mol. The summed E-state index contributed by atoms with van der Waals surface area (Å²) in [5.74, 6) is 0. The van der Waals surface area contributed by atoms with E-state index in [4.69, 9.17) is 10.5 Å². The molecule has 0 aliphatic heterocycles. The Labute approximate surface area is 88.2 Å². The van der Waals surface area contributed by atoms with Gasteiger partial charge in [0.15, 0.2) is 0 Å². The van der Waals surface area contributed by atoms with Crippen LogP contribution in [0.15, 0.2) is 0 Å². The Balaban J connectivity index is 2.76. The Bertz CT molecular complexity index is 177. The van der Waals surface area contributed by atoms with Gasteiger partial charge >= 0.3 is 0 Å². The minimum absolute atomic E-state index is 0.0347. The standard InChI is InChI=1S/C12H25NO/c1-5-14-12(8-6-7-9-12)10(13)11(2,3)4/h10H,5-9,13H2,1-4H3. The second-order valence-electron chi connectivity index (χ2n) is 5.55. The number of nitrogens with two attached hydrogens (primary N) is 1. The Morgan fingerprint density at radius 3 is 2.14 bits per heavy atom. The first-order valence-corrected chi connectivity index (χ1v) is 5.82. The van der Waals surface area contributed by atoms with E-state index in [1.165, 1.54) is 12.8 Å². The highest BCUT2D eigenvalue weighted by Gasteiger charge is 2.45. The van der Waals surface area contributed by atoms with E-state index in [-0.39, 0.29) is 17.1 Å². The highest BCUT2D eigenvalue weighted by atomic mass is 16.5. The first-order valence-electron chi connectivity index (χ1n) is 5.82. The predicted molar refractivity (Wildman–Crippen MR) is 60.3 cm³/mol. The predicted octanol–water partition coefficient (Wildman–Crippen LogP) is 2.71. The molecule has 0 radical (unpaired) electrons. The van der Waals surface area contributed by atoms with Crippen molar-refractivity contribution in [2.45, 2.75) is 65.0 Å². The molecule has 0 heterocycles. The molecule has 0 saturated heterocycles. The van der Waals surface area contributed by atoms with Crippen LogP contribution in [0.5, 0.6) is 0 Å². The van der Waals surface area contributed by atoms with Crippen molar-refractivity contribution in [3.05, 3.63) is 0 Å². The van der Waals surface area contributed by atoms with Crippen molar-refractivity contribution < 1.29 is 4.74 Å². The lowest BCUT2D eigenvalue weighted by Crippen LogP contribution is -2.55. The van der Waals surface area contributed by atoms with Crippen LogP contribution in [0.25, 0.3) is 0 Å². The lowest BCUT2D eigenvalue weighted by molar-refractivity contribution is -0.0758. The van der Waals surface area contributed by atoms with E-state index < -0.39 is 0 Å². The van der Waals surface area contributed by atoms with Crippen LogP contribution >= 0.6 is 0 Å². The van der Waals surface area contributed by atoms with Crippen LogP contribution in [-0.2, 0) is 4.74 Å². The van der Waals surface area contributed by atoms with Gasteiger partial charge in [0.2, 0.25) is 0 Å². The Morgan fingerprint density at radius 2 is 1.79 bits per heavy atom. The third-order valence-corrected chi connectivity index (χ3v) is 3.38. The molecule has 14 heavy (non-hydrogen) atoms. The summed E-state index contributed by atoms with van der Waals surface area (Å²) in [7, 11) is 0. The largest absolute Gasteiger partial charge is 0.374 e. The average Bonchev–Trinajstić information content (AvgIpc) is 2.52. The fourth-order valence-corrected chi connectivity index (χ4v) is 2.60. The molecule has 0 spiro atoms. The lowest BCUT2D eigenvalue weighted by Gasteiger charge is -2.42.